The van der Waals surface area contributed by atoms with Crippen LogP contribution in [0.4, 0.5) is 0 Å². The Kier molecular flexibility index (Phi) is 2.51. The minimum absolute atomic E-state index is 0.336. The fourth-order valence-electron chi connectivity index (χ4n) is 3.06. The maximum atomic E-state index is 10.5. The average Bonchev–Trinajstić information content (AvgIpc) is 2.82. The second-order valence-corrected chi connectivity index (χ2v) is 5.33. The third-order valence-electron chi connectivity index (χ3n) is 4.10. The Hall–Kier alpha value is -2.74. The number of para-hydroxylation sites is 1. The molecule has 4 rings (SSSR count). The lowest BCUT2D eigenvalue weighted by Gasteiger charge is -2.05. The second kappa shape index (κ2) is 4.38. The molecule has 0 radical (unpaired) electrons. The molecule has 3 aromatic carbocycles. The number of aromatic hydroxyl groups is 1. The van der Waals surface area contributed by atoms with Gasteiger partial charge in [-0.25, -0.2) is 0 Å². The van der Waals surface area contributed by atoms with Crippen LogP contribution < -0.4 is 0 Å². The van der Waals surface area contributed by atoms with Crippen molar-refractivity contribution in [3.05, 3.63) is 66.7 Å². The predicted octanol–water partition coefficient (Wildman–Crippen LogP) is 4.70. The first-order chi connectivity index (χ1) is 10.3. The van der Waals surface area contributed by atoms with Gasteiger partial charge in [-0.05, 0) is 29.3 Å². The molecule has 4 aromatic rings. The number of fused-ring (bicyclic) bond motifs is 3. The summed E-state index contributed by atoms with van der Waals surface area (Å²) in [4.78, 5) is 0. The minimum Gasteiger partial charge on any atom is -0.507 e. The van der Waals surface area contributed by atoms with Crippen molar-refractivity contribution in [3.63, 3.8) is 0 Å². The van der Waals surface area contributed by atoms with Crippen LogP contribution in [0.25, 0.3) is 32.9 Å². The van der Waals surface area contributed by atoms with Gasteiger partial charge in [0.2, 0.25) is 0 Å². The Balaban J connectivity index is 2.11. The van der Waals surface area contributed by atoms with Crippen molar-refractivity contribution in [1.82, 2.24) is 4.57 Å². The first-order valence-corrected chi connectivity index (χ1v) is 7.01. The number of phenols is 1. The lowest BCUT2D eigenvalue weighted by molar-refractivity contribution is 0.482. The molecule has 2 nitrogen and oxygen atoms in total. The van der Waals surface area contributed by atoms with E-state index in [4.69, 9.17) is 0 Å². The van der Waals surface area contributed by atoms with Crippen molar-refractivity contribution in [1.29, 1.82) is 0 Å². The van der Waals surface area contributed by atoms with E-state index in [2.05, 4.69) is 34.9 Å². The molecule has 2 heteroatoms. The number of aryl methyl sites for hydroxylation is 1. The van der Waals surface area contributed by atoms with Crippen molar-refractivity contribution in [3.8, 4) is 16.9 Å². The van der Waals surface area contributed by atoms with E-state index >= 15 is 0 Å². The second-order valence-electron chi connectivity index (χ2n) is 5.33. The molecular formula is C19H15NO. The fraction of sp³-hybridized carbons (Fsp3) is 0.0526. The van der Waals surface area contributed by atoms with Gasteiger partial charge in [-0.15, -0.1) is 0 Å². The topological polar surface area (TPSA) is 25.2 Å². The Morgan fingerprint density at radius 2 is 1.48 bits per heavy atom. The molecule has 0 aliphatic carbocycles. The van der Waals surface area contributed by atoms with Gasteiger partial charge in [0.05, 0.1) is 5.52 Å². The van der Waals surface area contributed by atoms with Crippen molar-refractivity contribution in [2.24, 2.45) is 7.05 Å². The Labute approximate surface area is 122 Å². The monoisotopic (exact) mass is 273 g/mol. The van der Waals surface area contributed by atoms with E-state index in [1.54, 1.807) is 0 Å². The van der Waals surface area contributed by atoms with Crippen LogP contribution in [0.3, 0.4) is 0 Å². The summed E-state index contributed by atoms with van der Waals surface area (Å²) in [6.45, 7) is 0. The van der Waals surface area contributed by atoms with Crippen LogP contribution in [-0.4, -0.2) is 9.67 Å². The van der Waals surface area contributed by atoms with E-state index in [-0.39, 0.29) is 0 Å². The molecule has 1 heterocycles. The zero-order valence-electron chi connectivity index (χ0n) is 11.7. The van der Waals surface area contributed by atoms with Gasteiger partial charge in [-0.2, -0.15) is 0 Å². The predicted molar refractivity (Wildman–Crippen MR) is 87.5 cm³/mol. The molecule has 102 valence electrons. The average molecular weight is 273 g/mol. The van der Waals surface area contributed by atoms with Crippen molar-refractivity contribution in [2.45, 2.75) is 0 Å². The summed E-state index contributed by atoms with van der Waals surface area (Å²) in [6.07, 6.45) is 0. The summed E-state index contributed by atoms with van der Waals surface area (Å²) < 4.78 is 2.14. The van der Waals surface area contributed by atoms with Gasteiger partial charge in [0.15, 0.2) is 0 Å². The molecule has 0 spiro atoms. The lowest BCUT2D eigenvalue weighted by Crippen LogP contribution is -1.87. The van der Waals surface area contributed by atoms with Crippen LogP contribution >= 0.6 is 0 Å². The van der Waals surface area contributed by atoms with Crippen molar-refractivity contribution >= 4 is 21.8 Å². The standard InChI is InChI=1S/C19H15NO/c1-20-16-10-6-5-9-15(16)19-17(20)11-14(12-18(19)21)13-7-3-2-4-8-13/h2-12,21H,1H3. The normalized spacial score (nSPS) is 11.3. The zero-order chi connectivity index (χ0) is 14.4. The van der Waals surface area contributed by atoms with Crippen LogP contribution in [0.15, 0.2) is 66.7 Å². The maximum absolute atomic E-state index is 10.5. The largest absolute Gasteiger partial charge is 0.507 e. The third-order valence-corrected chi connectivity index (χ3v) is 4.10. The summed E-state index contributed by atoms with van der Waals surface area (Å²) in [5.41, 5.74) is 4.33. The molecule has 1 N–H and O–H groups in total. The van der Waals surface area contributed by atoms with E-state index in [9.17, 15) is 5.11 Å². The number of benzene rings is 3. The van der Waals surface area contributed by atoms with Gasteiger partial charge in [0, 0.05) is 23.3 Å². The molecule has 0 saturated carbocycles. The number of hydrogen-bond donors (Lipinski definition) is 1. The van der Waals surface area contributed by atoms with Crippen molar-refractivity contribution < 1.29 is 5.11 Å². The molecule has 21 heavy (non-hydrogen) atoms. The minimum atomic E-state index is 0.336. The number of phenolic OH excluding ortho intramolecular Hbond substituents is 1. The highest BCUT2D eigenvalue weighted by molar-refractivity contribution is 6.12. The molecule has 0 bridgehead atoms. The van der Waals surface area contributed by atoms with E-state index in [0.717, 1.165) is 32.9 Å². The van der Waals surface area contributed by atoms with Crippen LogP contribution in [0.1, 0.15) is 0 Å². The smallest absolute Gasteiger partial charge is 0.126 e. The highest BCUT2D eigenvalue weighted by atomic mass is 16.3. The first kappa shape index (κ1) is 12.0. The van der Waals surface area contributed by atoms with Gasteiger partial charge >= 0.3 is 0 Å². The Morgan fingerprint density at radius 1 is 0.762 bits per heavy atom. The molecule has 0 atom stereocenters. The molecule has 0 fully saturated rings. The summed E-state index contributed by atoms with van der Waals surface area (Å²) in [5, 5.41) is 12.5. The summed E-state index contributed by atoms with van der Waals surface area (Å²) in [5.74, 6) is 0.336. The number of aromatic nitrogens is 1. The molecule has 0 aliphatic heterocycles. The molecule has 0 unspecified atom stereocenters. The summed E-state index contributed by atoms with van der Waals surface area (Å²) in [6, 6.07) is 22.3. The number of nitrogens with zero attached hydrogens (tertiary/aromatic N) is 1. The van der Waals surface area contributed by atoms with Gasteiger partial charge in [-0.1, -0.05) is 48.5 Å². The zero-order valence-corrected chi connectivity index (χ0v) is 11.7. The van der Waals surface area contributed by atoms with Gasteiger partial charge < -0.3 is 9.67 Å². The summed E-state index contributed by atoms with van der Waals surface area (Å²) >= 11 is 0. The van der Waals surface area contributed by atoms with Crippen molar-refractivity contribution in [2.75, 3.05) is 0 Å². The molecular weight excluding hydrogens is 258 g/mol. The highest BCUT2D eigenvalue weighted by Crippen LogP contribution is 2.37. The van der Waals surface area contributed by atoms with E-state index < -0.39 is 0 Å². The number of hydrogen-bond acceptors (Lipinski definition) is 1. The first-order valence-electron chi connectivity index (χ1n) is 7.01. The highest BCUT2D eigenvalue weighted by Gasteiger charge is 2.13. The van der Waals surface area contributed by atoms with Crippen LogP contribution in [0, 0.1) is 0 Å². The van der Waals surface area contributed by atoms with E-state index in [1.165, 1.54) is 0 Å². The van der Waals surface area contributed by atoms with Gasteiger partial charge in [-0.3, -0.25) is 0 Å². The fourth-order valence-corrected chi connectivity index (χ4v) is 3.06. The number of rotatable bonds is 1. The molecule has 0 saturated heterocycles. The van der Waals surface area contributed by atoms with E-state index in [1.807, 2.05) is 43.4 Å². The molecule has 0 aliphatic rings. The SMILES string of the molecule is Cn1c2ccccc2c2c(O)cc(-c3ccccc3)cc21. The van der Waals surface area contributed by atoms with Crippen LogP contribution in [0.5, 0.6) is 5.75 Å². The quantitative estimate of drug-likeness (QED) is 0.534. The Bertz CT molecular complexity index is 952. The van der Waals surface area contributed by atoms with Crippen LogP contribution in [0.2, 0.25) is 0 Å². The van der Waals surface area contributed by atoms with Gasteiger partial charge in [0.25, 0.3) is 0 Å². The lowest BCUT2D eigenvalue weighted by atomic mass is 10.0. The van der Waals surface area contributed by atoms with E-state index in [0.29, 0.717) is 5.75 Å². The van der Waals surface area contributed by atoms with Gasteiger partial charge in [0.1, 0.15) is 5.75 Å². The molecule has 0 amide bonds. The Morgan fingerprint density at radius 3 is 2.29 bits per heavy atom. The summed E-state index contributed by atoms with van der Waals surface area (Å²) in [7, 11) is 2.04. The third kappa shape index (κ3) is 1.73. The molecule has 1 aromatic heterocycles. The van der Waals surface area contributed by atoms with Crippen LogP contribution in [-0.2, 0) is 7.05 Å². The maximum Gasteiger partial charge on any atom is 0.126 e.